The highest BCUT2D eigenvalue weighted by Gasteiger charge is 2.47. The quantitative estimate of drug-likeness (QED) is 0.251. The SMILES string of the molecule is CCC(C(=O)N1c2ccccc2C(=C2SC(C(=O)OC)=C(C(=O)OC)S2)C(=S)C1(C)C)c1ccccc1. The fourth-order valence-corrected chi connectivity index (χ4v) is 7.59. The number of para-hydroxylation sites is 1. The molecule has 2 aromatic carbocycles. The molecule has 4 rings (SSSR count). The Morgan fingerprint density at radius 3 is 2.00 bits per heavy atom. The molecule has 2 aliphatic rings. The van der Waals surface area contributed by atoms with Gasteiger partial charge >= 0.3 is 11.9 Å². The van der Waals surface area contributed by atoms with E-state index in [0.29, 0.717) is 15.5 Å². The van der Waals surface area contributed by atoms with Gasteiger partial charge in [-0.25, -0.2) is 9.59 Å². The van der Waals surface area contributed by atoms with Gasteiger partial charge in [-0.15, -0.1) is 0 Å². The van der Waals surface area contributed by atoms with E-state index in [1.165, 1.54) is 14.2 Å². The lowest BCUT2D eigenvalue weighted by atomic mass is 9.81. The molecule has 0 saturated heterocycles. The van der Waals surface area contributed by atoms with Crippen LogP contribution in [-0.2, 0) is 23.9 Å². The first kappa shape index (κ1) is 27.2. The lowest BCUT2D eigenvalue weighted by molar-refractivity contribution is -0.138. The number of ether oxygens (including phenoxy) is 2. The second kappa shape index (κ2) is 10.8. The summed E-state index contributed by atoms with van der Waals surface area (Å²) in [6, 6.07) is 17.4. The Morgan fingerprint density at radius 1 is 0.919 bits per heavy atom. The molecule has 0 fully saturated rings. The monoisotopic (exact) mass is 553 g/mol. The normalized spacial score (nSPS) is 17.4. The first-order valence-electron chi connectivity index (χ1n) is 11.7. The van der Waals surface area contributed by atoms with Crippen LogP contribution in [0.15, 0.2) is 68.6 Å². The van der Waals surface area contributed by atoms with Crippen LogP contribution in [0.3, 0.4) is 0 Å². The highest BCUT2D eigenvalue weighted by Crippen LogP contribution is 2.56. The van der Waals surface area contributed by atoms with E-state index in [9.17, 15) is 14.4 Å². The first-order chi connectivity index (χ1) is 17.7. The maximum Gasteiger partial charge on any atom is 0.346 e. The van der Waals surface area contributed by atoms with E-state index >= 15 is 0 Å². The lowest BCUT2D eigenvalue weighted by Gasteiger charge is -2.46. The smallest absolute Gasteiger partial charge is 0.346 e. The van der Waals surface area contributed by atoms with E-state index in [4.69, 9.17) is 21.7 Å². The number of carbonyl (C=O) groups excluding carboxylic acids is 3. The molecule has 0 N–H and O–H groups in total. The average molecular weight is 554 g/mol. The minimum absolute atomic E-state index is 0.0343. The van der Waals surface area contributed by atoms with E-state index < -0.39 is 17.5 Å². The van der Waals surface area contributed by atoms with Crippen molar-refractivity contribution in [2.75, 3.05) is 19.1 Å². The molecule has 1 unspecified atom stereocenters. The van der Waals surface area contributed by atoms with Crippen molar-refractivity contribution in [1.82, 2.24) is 0 Å². The molecule has 1 amide bonds. The standard InChI is InChI=1S/C28H27NO5S3/c1-6-17(16-12-8-7-9-13-16)24(30)29-19-15-11-10-14-18(19)20(23(35)28(29,2)3)27-36-21(25(31)33-4)22(37-27)26(32)34-5/h7-15,17H,6H2,1-5H3. The van der Waals surface area contributed by atoms with Gasteiger partial charge in [-0.05, 0) is 31.9 Å². The van der Waals surface area contributed by atoms with Gasteiger partial charge in [-0.2, -0.15) is 0 Å². The van der Waals surface area contributed by atoms with E-state index in [-0.39, 0.29) is 21.6 Å². The highest BCUT2D eigenvalue weighted by molar-refractivity contribution is 8.29. The van der Waals surface area contributed by atoms with Gasteiger partial charge in [0.1, 0.15) is 9.81 Å². The van der Waals surface area contributed by atoms with Crippen LogP contribution in [0, 0.1) is 0 Å². The number of hydrogen-bond donors (Lipinski definition) is 0. The van der Waals surface area contributed by atoms with Crippen molar-refractivity contribution in [3.05, 3.63) is 79.8 Å². The van der Waals surface area contributed by atoms with Gasteiger partial charge in [-0.1, -0.05) is 91.2 Å². The number of esters is 2. The summed E-state index contributed by atoms with van der Waals surface area (Å²) < 4.78 is 10.5. The third kappa shape index (κ3) is 4.76. The van der Waals surface area contributed by atoms with Crippen molar-refractivity contribution in [1.29, 1.82) is 0 Å². The highest BCUT2D eigenvalue weighted by atomic mass is 32.2. The Kier molecular flexibility index (Phi) is 7.96. The number of benzene rings is 2. The number of anilines is 1. The number of rotatable bonds is 5. The molecule has 2 aromatic rings. The van der Waals surface area contributed by atoms with E-state index in [2.05, 4.69) is 0 Å². The van der Waals surface area contributed by atoms with Crippen LogP contribution >= 0.6 is 35.7 Å². The number of nitrogens with zero attached hydrogens (tertiary/aromatic N) is 1. The number of carbonyl (C=O) groups is 3. The van der Waals surface area contributed by atoms with Gasteiger partial charge in [0.25, 0.3) is 0 Å². The molecule has 2 heterocycles. The number of amides is 1. The molecule has 0 bridgehead atoms. The first-order valence-corrected chi connectivity index (χ1v) is 13.8. The largest absolute Gasteiger partial charge is 0.465 e. The summed E-state index contributed by atoms with van der Waals surface area (Å²) in [5.41, 5.74) is 2.33. The van der Waals surface area contributed by atoms with Crippen molar-refractivity contribution >= 4 is 69.7 Å². The predicted molar refractivity (Wildman–Crippen MR) is 153 cm³/mol. The summed E-state index contributed by atoms with van der Waals surface area (Å²) in [6.07, 6.45) is 0.638. The van der Waals surface area contributed by atoms with Gasteiger partial charge in [0.15, 0.2) is 0 Å². The molecule has 9 heteroatoms. The van der Waals surface area contributed by atoms with Crippen molar-refractivity contribution in [2.24, 2.45) is 0 Å². The fraction of sp³-hybridized carbons (Fsp3) is 0.286. The second-order valence-corrected chi connectivity index (χ2v) is 11.7. The number of thioether (sulfide) groups is 2. The van der Waals surface area contributed by atoms with Gasteiger partial charge < -0.3 is 14.4 Å². The third-order valence-electron chi connectivity index (χ3n) is 6.43. The van der Waals surface area contributed by atoms with Crippen LogP contribution < -0.4 is 4.90 Å². The predicted octanol–water partition coefficient (Wildman–Crippen LogP) is 6.08. The number of hydrogen-bond acceptors (Lipinski definition) is 8. The second-order valence-electron chi connectivity index (χ2n) is 8.96. The maximum absolute atomic E-state index is 14.2. The summed E-state index contributed by atoms with van der Waals surface area (Å²) in [5.74, 6) is -1.60. The van der Waals surface area contributed by atoms with Crippen LogP contribution in [-0.4, -0.2) is 42.5 Å². The van der Waals surface area contributed by atoms with Gasteiger partial charge in [0.2, 0.25) is 5.91 Å². The third-order valence-corrected chi connectivity index (χ3v) is 9.69. The topological polar surface area (TPSA) is 72.9 Å². The van der Waals surface area contributed by atoms with Gasteiger partial charge in [0.05, 0.1) is 40.5 Å². The molecule has 0 spiro atoms. The molecule has 37 heavy (non-hydrogen) atoms. The van der Waals surface area contributed by atoms with E-state index in [0.717, 1.165) is 45.9 Å². The summed E-state index contributed by atoms with van der Waals surface area (Å²) in [6.45, 7) is 5.87. The summed E-state index contributed by atoms with van der Waals surface area (Å²) >= 11 is 8.33. The lowest BCUT2D eigenvalue weighted by Crippen LogP contribution is -2.57. The summed E-state index contributed by atoms with van der Waals surface area (Å²) in [5, 5.41) is 0. The van der Waals surface area contributed by atoms with Crippen molar-refractivity contribution in [3.63, 3.8) is 0 Å². The Morgan fingerprint density at radius 2 is 1.46 bits per heavy atom. The minimum Gasteiger partial charge on any atom is -0.465 e. The zero-order chi connectivity index (χ0) is 26.9. The van der Waals surface area contributed by atoms with Crippen LogP contribution in [0.1, 0.15) is 44.2 Å². The van der Waals surface area contributed by atoms with Crippen molar-refractivity contribution in [3.8, 4) is 0 Å². The van der Waals surface area contributed by atoms with Crippen molar-refractivity contribution < 1.29 is 23.9 Å². The summed E-state index contributed by atoms with van der Waals surface area (Å²) in [4.78, 5) is 41.8. The zero-order valence-corrected chi connectivity index (χ0v) is 23.6. The molecule has 6 nitrogen and oxygen atoms in total. The molecular formula is C28H27NO5S3. The Balaban J connectivity index is 1.86. The number of methoxy groups -OCH3 is 2. The van der Waals surface area contributed by atoms with E-state index in [1.54, 1.807) is 4.90 Å². The van der Waals surface area contributed by atoms with Crippen LogP contribution in [0.4, 0.5) is 5.69 Å². The number of fused-ring (bicyclic) bond motifs is 1. The Labute approximate surface area is 230 Å². The molecule has 0 radical (unpaired) electrons. The fourth-order valence-electron chi connectivity index (χ4n) is 4.56. The number of thiocarbonyl (C=S) groups is 1. The van der Waals surface area contributed by atoms with Gasteiger partial charge in [-0.3, -0.25) is 4.79 Å². The maximum atomic E-state index is 14.2. The van der Waals surface area contributed by atoms with E-state index in [1.807, 2.05) is 75.4 Å². The molecular weight excluding hydrogens is 527 g/mol. The molecule has 0 aliphatic carbocycles. The molecule has 0 aromatic heterocycles. The van der Waals surface area contributed by atoms with Crippen LogP contribution in [0.25, 0.3) is 5.57 Å². The molecule has 0 saturated carbocycles. The Bertz CT molecular complexity index is 1320. The molecule has 1 atom stereocenters. The molecule has 2 aliphatic heterocycles. The van der Waals surface area contributed by atoms with Crippen LogP contribution in [0.2, 0.25) is 0 Å². The summed E-state index contributed by atoms with van der Waals surface area (Å²) in [7, 11) is 2.54. The zero-order valence-electron chi connectivity index (χ0n) is 21.2. The average Bonchev–Trinajstić information content (AvgIpc) is 3.34. The van der Waals surface area contributed by atoms with Crippen molar-refractivity contribution in [2.45, 2.75) is 38.6 Å². The Hall–Kier alpha value is -2.88. The van der Waals surface area contributed by atoms with Gasteiger partial charge in [0, 0.05) is 11.1 Å². The minimum atomic E-state index is -0.855. The molecule has 192 valence electrons. The van der Waals surface area contributed by atoms with Crippen LogP contribution in [0.5, 0.6) is 0 Å².